The van der Waals surface area contributed by atoms with E-state index in [9.17, 15) is 4.79 Å². The van der Waals surface area contributed by atoms with Gasteiger partial charge in [0.25, 0.3) is 0 Å². The lowest BCUT2D eigenvalue weighted by molar-refractivity contribution is -0.117. The largest absolute Gasteiger partial charge is 0.374 e. The van der Waals surface area contributed by atoms with Gasteiger partial charge >= 0.3 is 0 Å². The van der Waals surface area contributed by atoms with Crippen LogP contribution in [0.1, 0.15) is 18.4 Å². The average molecular weight is 311 g/mol. The zero-order valence-electron chi connectivity index (χ0n) is 11.2. The third kappa shape index (κ3) is 3.91. The van der Waals surface area contributed by atoms with Gasteiger partial charge in [0.2, 0.25) is 11.0 Å². The maximum Gasteiger partial charge on any atom is 0.248 e. The number of aromatic nitrogens is 2. The van der Waals surface area contributed by atoms with Crippen LogP contribution in [0.2, 0.25) is 5.02 Å². The predicted octanol–water partition coefficient (Wildman–Crippen LogP) is 3.33. The van der Waals surface area contributed by atoms with Crippen LogP contribution >= 0.6 is 22.9 Å². The van der Waals surface area contributed by atoms with Gasteiger partial charge in [-0.05, 0) is 37.6 Å². The van der Waals surface area contributed by atoms with Crippen LogP contribution in [0.3, 0.4) is 0 Å². The topological polar surface area (TPSA) is 66.9 Å². The molecule has 2 rings (SSSR count). The molecule has 1 atom stereocenters. The Labute approximate surface area is 126 Å². The van der Waals surface area contributed by atoms with Crippen LogP contribution in [0.4, 0.5) is 10.8 Å². The molecule has 106 valence electrons. The van der Waals surface area contributed by atoms with Gasteiger partial charge < -0.3 is 5.32 Å². The van der Waals surface area contributed by atoms with E-state index in [4.69, 9.17) is 11.6 Å². The van der Waals surface area contributed by atoms with E-state index in [1.807, 2.05) is 26.0 Å². The number of anilines is 2. The quantitative estimate of drug-likeness (QED) is 0.889. The summed E-state index contributed by atoms with van der Waals surface area (Å²) in [6.45, 7) is 3.79. The number of carbonyl (C=O) groups is 1. The predicted molar refractivity (Wildman–Crippen MR) is 82.4 cm³/mol. The van der Waals surface area contributed by atoms with Gasteiger partial charge in [-0.25, -0.2) is 0 Å². The normalized spacial score (nSPS) is 11.9. The molecule has 1 heterocycles. The van der Waals surface area contributed by atoms with Crippen LogP contribution in [0.15, 0.2) is 24.3 Å². The molecule has 0 aliphatic carbocycles. The van der Waals surface area contributed by atoms with Crippen LogP contribution < -0.4 is 10.6 Å². The monoisotopic (exact) mass is 310 g/mol. The smallest absolute Gasteiger partial charge is 0.248 e. The summed E-state index contributed by atoms with van der Waals surface area (Å²) in [5.41, 5.74) is 0.852. The Hall–Kier alpha value is -1.66. The van der Waals surface area contributed by atoms with E-state index in [-0.39, 0.29) is 11.9 Å². The van der Waals surface area contributed by atoms with Gasteiger partial charge in [-0.2, -0.15) is 0 Å². The molecule has 20 heavy (non-hydrogen) atoms. The number of hydrogen-bond acceptors (Lipinski definition) is 5. The summed E-state index contributed by atoms with van der Waals surface area (Å²) in [7, 11) is 0. The van der Waals surface area contributed by atoms with E-state index in [0.29, 0.717) is 16.6 Å². The lowest BCUT2D eigenvalue weighted by atomic mass is 10.2. The van der Waals surface area contributed by atoms with Gasteiger partial charge in [-0.3, -0.25) is 10.1 Å². The third-order valence-electron chi connectivity index (χ3n) is 2.67. The Balaban J connectivity index is 2.00. The lowest BCUT2D eigenvalue weighted by Crippen LogP contribution is -2.34. The molecule has 0 saturated carbocycles. The van der Waals surface area contributed by atoms with Crippen molar-refractivity contribution in [2.24, 2.45) is 0 Å². The minimum absolute atomic E-state index is 0.126. The van der Waals surface area contributed by atoms with Crippen molar-refractivity contribution in [1.82, 2.24) is 10.2 Å². The zero-order valence-corrected chi connectivity index (χ0v) is 12.8. The Morgan fingerprint density at radius 3 is 2.60 bits per heavy atom. The summed E-state index contributed by atoms with van der Waals surface area (Å²) in [5, 5.41) is 15.7. The van der Waals surface area contributed by atoms with Crippen molar-refractivity contribution in [3.05, 3.63) is 34.3 Å². The first-order chi connectivity index (χ1) is 9.58. The zero-order chi connectivity index (χ0) is 14.5. The van der Waals surface area contributed by atoms with Gasteiger partial charge in [0.05, 0.1) is 0 Å². The molecule has 1 aromatic carbocycles. The second-order valence-corrected chi connectivity index (χ2v) is 5.85. The Kier molecular flexibility index (Phi) is 4.92. The first kappa shape index (κ1) is 14.7. The number of aryl methyl sites for hydroxylation is 1. The fraction of sp³-hybridized carbons (Fsp3) is 0.308. The second kappa shape index (κ2) is 6.67. The van der Waals surface area contributed by atoms with Gasteiger partial charge in [-0.15, -0.1) is 10.2 Å². The maximum atomic E-state index is 12.2. The summed E-state index contributed by atoms with van der Waals surface area (Å²) >= 11 is 7.19. The number of benzene rings is 1. The number of nitrogens with zero attached hydrogens (tertiary/aromatic N) is 2. The molecule has 2 aromatic rings. The number of carbonyl (C=O) groups excluding carboxylic acids is 1. The molecule has 0 unspecified atom stereocenters. The molecule has 2 N–H and O–H groups in total. The fourth-order valence-electron chi connectivity index (χ4n) is 1.64. The van der Waals surface area contributed by atoms with E-state index in [0.717, 1.165) is 10.7 Å². The fourth-order valence-corrected chi connectivity index (χ4v) is 2.36. The van der Waals surface area contributed by atoms with Crippen LogP contribution in [0, 0.1) is 6.92 Å². The van der Waals surface area contributed by atoms with Crippen molar-refractivity contribution < 1.29 is 4.79 Å². The highest BCUT2D eigenvalue weighted by atomic mass is 35.5. The highest BCUT2D eigenvalue weighted by Gasteiger charge is 2.17. The van der Waals surface area contributed by atoms with E-state index in [2.05, 4.69) is 20.8 Å². The molecule has 0 aliphatic heterocycles. The number of rotatable bonds is 5. The highest BCUT2D eigenvalue weighted by molar-refractivity contribution is 7.15. The summed E-state index contributed by atoms with van der Waals surface area (Å²) in [5.74, 6) is -0.126. The van der Waals surface area contributed by atoms with Crippen molar-refractivity contribution in [3.63, 3.8) is 0 Å². The maximum absolute atomic E-state index is 12.2. The van der Waals surface area contributed by atoms with Crippen molar-refractivity contribution in [1.29, 1.82) is 0 Å². The average Bonchev–Trinajstić information content (AvgIpc) is 2.83. The van der Waals surface area contributed by atoms with Crippen molar-refractivity contribution in [2.45, 2.75) is 26.3 Å². The molecule has 5 nitrogen and oxygen atoms in total. The molecule has 0 aliphatic rings. The summed E-state index contributed by atoms with van der Waals surface area (Å²) in [6, 6.07) is 6.91. The molecule has 0 saturated heterocycles. The van der Waals surface area contributed by atoms with E-state index in [1.54, 1.807) is 12.1 Å². The Bertz CT molecular complexity index is 584. The van der Waals surface area contributed by atoms with Crippen LogP contribution in [-0.2, 0) is 4.79 Å². The molecule has 1 amide bonds. The molecule has 0 spiro atoms. The molecular weight excluding hydrogens is 296 g/mol. The van der Waals surface area contributed by atoms with E-state index >= 15 is 0 Å². The van der Waals surface area contributed by atoms with E-state index < -0.39 is 0 Å². The first-order valence-corrected chi connectivity index (χ1v) is 7.41. The first-order valence-electron chi connectivity index (χ1n) is 6.21. The van der Waals surface area contributed by atoms with Crippen molar-refractivity contribution in [3.8, 4) is 0 Å². The van der Waals surface area contributed by atoms with Gasteiger partial charge in [-0.1, -0.05) is 29.9 Å². The molecule has 0 fully saturated rings. The van der Waals surface area contributed by atoms with Gasteiger partial charge in [0.1, 0.15) is 11.0 Å². The molecule has 1 aromatic heterocycles. The van der Waals surface area contributed by atoms with E-state index in [1.165, 1.54) is 11.3 Å². The van der Waals surface area contributed by atoms with Crippen LogP contribution in [0.25, 0.3) is 0 Å². The highest BCUT2D eigenvalue weighted by Crippen LogP contribution is 2.17. The van der Waals surface area contributed by atoms with Crippen LogP contribution in [-0.4, -0.2) is 22.1 Å². The third-order valence-corrected chi connectivity index (χ3v) is 3.67. The Morgan fingerprint density at radius 2 is 2.05 bits per heavy atom. The molecule has 0 radical (unpaired) electrons. The Morgan fingerprint density at radius 1 is 1.35 bits per heavy atom. The summed E-state index contributed by atoms with van der Waals surface area (Å²) < 4.78 is 0. The summed E-state index contributed by atoms with van der Waals surface area (Å²) in [6.07, 6.45) is 0.659. The SMILES string of the molecule is CC[C@@H](Nc1ccc(Cl)cc1)C(=O)Nc1nnc(C)s1. The second-order valence-electron chi connectivity index (χ2n) is 4.23. The number of hydrogen-bond donors (Lipinski definition) is 2. The lowest BCUT2D eigenvalue weighted by Gasteiger charge is -2.16. The van der Waals surface area contributed by atoms with Gasteiger partial charge in [0, 0.05) is 10.7 Å². The minimum atomic E-state index is -0.333. The number of halogens is 1. The van der Waals surface area contributed by atoms with Crippen molar-refractivity contribution >= 4 is 39.7 Å². The number of amides is 1. The molecular formula is C13H15ClN4OS. The number of nitrogens with one attached hydrogen (secondary N) is 2. The standard InChI is InChI=1S/C13H15ClN4OS/c1-3-11(15-10-6-4-9(14)5-7-10)12(19)16-13-18-17-8(2)20-13/h4-7,11,15H,3H2,1-2H3,(H,16,18,19)/t11-/m1/s1. The van der Waals surface area contributed by atoms with Crippen molar-refractivity contribution in [2.75, 3.05) is 10.6 Å². The minimum Gasteiger partial charge on any atom is -0.374 e. The van der Waals surface area contributed by atoms with Crippen LogP contribution in [0.5, 0.6) is 0 Å². The molecule has 0 bridgehead atoms. The van der Waals surface area contributed by atoms with Gasteiger partial charge in [0.15, 0.2) is 0 Å². The molecule has 7 heteroatoms. The summed E-state index contributed by atoms with van der Waals surface area (Å²) in [4.78, 5) is 12.2.